The fourth-order valence-electron chi connectivity index (χ4n) is 3.37. The van der Waals surface area contributed by atoms with E-state index in [-0.39, 0.29) is 29.4 Å². The summed E-state index contributed by atoms with van der Waals surface area (Å²) in [5.41, 5.74) is 1.08. The van der Waals surface area contributed by atoms with Crippen molar-refractivity contribution >= 4 is 15.7 Å². The van der Waals surface area contributed by atoms with Crippen LogP contribution >= 0.6 is 0 Å². The highest BCUT2D eigenvalue weighted by atomic mass is 32.2. The molecule has 0 spiro atoms. The highest BCUT2D eigenvalue weighted by Crippen LogP contribution is 2.30. The Morgan fingerprint density at radius 2 is 2.04 bits per heavy atom. The van der Waals surface area contributed by atoms with E-state index in [0.717, 1.165) is 31.4 Å². The molecule has 0 saturated carbocycles. The summed E-state index contributed by atoms with van der Waals surface area (Å²) in [4.78, 5) is 14.5. The Morgan fingerprint density at radius 1 is 1.30 bits per heavy atom. The number of sulfone groups is 1. The van der Waals surface area contributed by atoms with Crippen molar-refractivity contribution in [1.29, 1.82) is 0 Å². The molecule has 0 aromatic carbocycles. The molecule has 1 aromatic heterocycles. The molecule has 6 heteroatoms. The van der Waals surface area contributed by atoms with Crippen LogP contribution in [0.5, 0.6) is 0 Å². The Balaban J connectivity index is 2.19. The third-order valence-corrected chi connectivity index (χ3v) is 6.19. The van der Waals surface area contributed by atoms with Crippen LogP contribution in [0.4, 0.5) is 0 Å². The van der Waals surface area contributed by atoms with Crippen molar-refractivity contribution < 1.29 is 13.2 Å². The van der Waals surface area contributed by atoms with E-state index >= 15 is 0 Å². The van der Waals surface area contributed by atoms with Crippen molar-refractivity contribution in [3.8, 4) is 0 Å². The van der Waals surface area contributed by atoms with Gasteiger partial charge in [0.2, 0.25) is 5.91 Å². The predicted molar refractivity (Wildman–Crippen MR) is 91.8 cm³/mol. The number of amides is 1. The molecule has 1 aliphatic heterocycles. The molecule has 1 aliphatic rings. The number of hydrogen-bond donors (Lipinski definition) is 0. The van der Waals surface area contributed by atoms with Crippen LogP contribution in [0.25, 0.3) is 0 Å². The molecular weight excluding hydrogens is 312 g/mol. The molecule has 0 radical (unpaired) electrons. The molecule has 1 amide bonds. The van der Waals surface area contributed by atoms with E-state index < -0.39 is 9.84 Å². The van der Waals surface area contributed by atoms with Gasteiger partial charge in [-0.05, 0) is 30.9 Å². The average molecular weight is 340 g/mol. The normalized spacial score (nSPS) is 19.8. The number of carbonyl (C=O) groups excluding carboxylic acids is 1. The van der Waals surface area contributed by atoms with Crippen molar-refractivity contribution in [2.75, 3.05) is 18.1 Å². The first-order valence-electron chi connectivity index (χ1n) is 8.41. The Morgan fingerprint density at radius 3 is 2.65 bits per heavy atom. The zero-order valence-electron chi connectivity index (χ0n) is 14.4. The van der Waals surface area contributed by atoms with Gasteiger partial charge < -0.3 is 9.47 Å². The topological polar surface area (TPSA) is 59.4 Å². The second-order valence-electron chi connectivity index (χ2n) is 6.94. The highest BCUT2D eigenvalue weighted by molar-refractivity contribution is 7.92. The molecule has 5 nitrogen and oxygen atoms in total. The Bertz CT molecular complexity index is 634. The van der Waals surface area contributed by atoms with Crippen LogP contribution in [-0.4, -0.2) is 41.8 Å². The fourth-order valence-corrected chi connectivity index (χ4v) is 5.05. The molecule has 1 fully saturated rings. The van der Waals surface area contributed by atoms with E-state index in [1.807, 2.05) is 43.8 Å². The van der Waals surface area contributed by atoms with Crippen molar-refractivity contribution in [2.45, 2.75) is 45.6 Å². The lowest BCUT2D eigenvalue weighted by molar-refractivity contribution is -0.131. The number of nitrogens with zero attached hydrogens (tertiary/aromatic N) is 2. The van der Waals surface area contributed by atoms with Crippen LogP contribution in [0.15, 0.2) is 18.3 Å². The summed E-state index contributed by atoms with van der Waals surface area (Å²) in [6.45, 7) is 4.37. The quantitative estimate of drug-likeness (QED) is 0.827. The Kier molecular flexibility index (Phi) is 5.89. The van der Waals surface area contributed by atoms with Crippen LogP contribution in [0, 0.1) is 5.92 Å². The SMILES string of the molecule is CC(C)CS(=O)(=O)CC(=O)N1CCCCCC1c1cccn1C. The fraction of sp³-hybridized carbons (Fsp3) is 0.706. The van der Waals surface area contributed by atoms with Crippen LogP contribution in [0.1, 0.15) is 51.3 Å². The minimum absolute atomic E-state index is 0.0146. The summed E-state index contributed by atoms with van der Waals surface area (Å²) >= 11 is 0. The van der Waals surface area contributed by atoms with Crippen LogP contribution < -0.4 is 0 Å². The second-order valence-corrected chi connectivity index (χ2v) is 9.05. The number of aromatic nitrogens is 1. The number of hydrogen-bond acceptors (Lipinski definition) is 3. The summed E-state index contributed by atoms with van der Waals surface area (Å²) in [7, 11) is -1.37. The monoisotopic (exact) mass is 340 g/mol. The third kappa shape index (κ3) is 4.83. The maximum absolute atomic E-state index is 12.7. The average Bonchev–Trinajstić information content (AvgIpc) is 2.71. The third-order valence-electron chi connectivity index (χ3n) is 4.33. The molecule has 2 heterocycles. The van der Waals surface area contributed by atoms with E-state index in [0.29, 0.717) is 6.54 Å². The van der Waals surface area contributed by atoms with Crippen LogP contribution in [0.2, 0.25) is 0 Å². The molecule has 1 aromatic rings. The van der Waals surface area contributed by atoms with Gasteiger partial charge in [-0.3, -0.25) is 4.79 Å². The zero-order valence-corrected chi connectivity index (χ0v) is 15.2. The molecule has 2 rings (SSSR count). The maximum Gasteiger partial charge on any atom is 0.238 e. The minimum Gasteiger partial charge on any atom is -0.353 e. The van der Waals surface area contributed by atoms with Crippen molar-refractivity contribution in [3.05, 3.63) is 24.0 Å². The van der Waals surface area contributed by atoms with Gasteiger partial charge in [0.1, 0.15) is 5.75 Å². The van der Waals surface area contributed by atoms with Gasteiger partial charge in [0, 0.05) is 25.5 Å². The summed E-state index contributed by atoms with van der Waals surface area (Å²) in [6, 6.07) is 3.98. The van der Waals surface area contributed by atoms with E-state index in [1.165, 1.54) is 0 Å². The number of aryl methyl sites for hydroxylation is 1. The number of rotatable bonds is 5. The Hall–Kier alpha value is -1.30. The van der Waals surface area contributed by atoms with Gasteiger partial charge >= 0.3 is 0 Å². The highest BCUT2D eigenvalue weighted by Gasteiger charge is 2.30. The Labute approximate surface area is 139 Å². The lowest BCUT2D eigenvalue weighted by Gasteiger charge is -2.30. The summed E-state index contributed by atoms with van der Waals surface area (Å²) < 4.78 is 26.4. The number of carbonyl (C=O) groups is 1. The standard InChI is InChI=1S/C17H28N2O3S/c1-14(2)12-23(21,22)13-17(20)19-11-6-4-5-8-16(19)15-9-7-10-18(15)3/h7,9-10,14,16H,4-6,8,11-13H2,1-3H3. The van der Waals surface area contributed by atoms with Gasteiger partial charge in [0.15, 0.2) is 9.84 Å². The lowest BCUT2D eigenvalue weighted by Crippen LogP contribution is -2.40. The molecule has 1 unspecified atom stereocenters. The van der Waals surface area contributed by atoms with E-state index in [9.17, 15) is 13.2 Å². The molecule has 0 N–H and O–H groups in total. The van der Waals surface area contributed by atoms with Crippen molar-refractivity contribution in [1.82, 2.24) is 9.47 Å². The predicted octanol–water partition coefficient (Wildman–Crippen LogP) is 2.54. The number of likely N-dealkylation sites (tertiary alicyclic amines) is 1. The van der Waals surface area contributed by atoms with Gasteiger partial charge in [-0.25, -0.2) is 8.42 Å². The first kappa shape index (κ1) is 18.0. The molecule has 130 valence electrons. The summed E-state index contributed by atoms with van der Waals surface area (Å²) in [6.07, 6.45) is 5.96. The van der Waals surface area contributed by atoms with Gasteiger partial charge in [-0.2, -0.15) is 0 Å². The molecule has 1 atom stereocenters. The van der Waals surface area contributed by atoms with E-state index in [1.54, 1.807) is 4.90 Å². The second kappa shape index (κ2) is 7.51. The lowest BCUT2D eigenvalue weighted by atomic mass is 10.1. The molecule has 0 bridgehead atoms. The molecule has 0 aliphatic carbocycles. The van der Waals surface area contributed by atoms with Gasteiger partial charge in [0.25, 0.3) is 0 Å². The smallest absolute Gasteiger partial charge is 0.238 e. The minimum atomic E-state index is -3.34. The summed E-state index contributed by atoms with van der Waals surface area (Å²) in [5.74, 6) is -0.507. The van der Waals surface area contributed by atoms with Gasteiger partial charge in [-0.15, -0.1) is 0 Å². The van der Waals surface area contributed by atoms with Gasteiger partial charge in [-0.1, -0.05) is 26.7 Å². The van der Waals surface area contributed by atoms with E-state index in [4.69, 9.17) is 0 Å². The van der Waals surface area contributed by atoms with Gasteiger partial charge in [0.05, 0.1) is 11.8 Å². The first-order valence-corrected chi connectivity index (χ1v) is 10.2. The zero-order chi connectivity index (χ0) is 17.0. The van der Waals surface area contributed by atoms with Crippen molar-refractivity contribution in [3.63, 3.8) is 0 Å². The first-order chi connectivity index (χ1) is 10.8. The van der Waals surface area contributed by atoms with Crippen molar-refractivity contribution in [2.24, 2.45) is 13.0 Å². The van der Waals surface area contributed by atoms with Crippen LogP contribution in [0.3, 0.4) is 0 Å². The largest absolute Gasteiger partial charge is 0.353 e. The molecular formula is C17H28N2O3S. The molecule has 23 heavy (non-hydrogen) atoms. The maximum atomic E-state index is 12.7. The molecule has 1 saturated heterocycles. The van der Waals surface area contributed by atoms with Crippen LogP contribution in [-0.2, 0) is 21.7 Å². The summed E-state index contributed by atoms with van der Waals surface area (Å²) in [5, 5.41) is 0. The van der Waals surface area contributed by atoms with E-state index in [2.05, 4.69) is 0 Å².